The summed E-state index contributed by atoms with van der Waals surface area (Å²) in [6.45, 7) is 1.66. The van der Waals surface area contributed by atoms with Crippen LogP contribution in [0, 0.1) is 0 Å². The van der Waals surface area contributed by atoms with Crippen molar-refractivity contribution in [2.24, 2.45) is 0 Å². The van der Waals surface area contributed by atoms with Gasteiger partial charge < -0.3 is 14.8 Å². The molecule has 0 spiro atoms. The first-order chi connectivity index (χ1) is 13.9. The highest BCUT2D eigenvalue weighted by Crippen LogP contribution is 2.22. The Bertz CT molecular complexity index is 1100. The van der Waals surface area contributed by atoms with E-state index in [4.69, 9.17) is 9.47 Å². The molecule has 0 aliphatic carbocycles. The highest BCUT2D eigenvalue weighted by Gasteiger charge is 2.13. The smallest absolute Gasteiger partial charge is 0.280 e. The van der Waals surface area contributed by atoms with Gasteiger partial charge in [0.15, 0.2) is 0 Å². The van der Waals surface area contributed by atoms with Crippen LogP contribution in [0.15, 0.2) is 35.4 Å². The largest absolute Gasteiger partial charge is 0.497 e. The lowest BCUT2D eigenvalue weighted by atomic mass is 10.2. The first-order valence-corrected chi connectivity index (χ1v) is 9.58. The lowest BCUT2D eigenvalue weighted by molar-refractivity contribution is -0.116. The summed E-state index contributed by atoms with van der Waals surface area (Å²) in [5.41, 5.74) is 2.33. The minimum Gasteiger partial charge on any atom is -0.497 e. The van der Waals surface area contributed by atoms with Crippen LogP contribution in [0.3, 0.4) is 0 Å². The SMILES string of the molecule is CCc1cc2c(=O)n(NC(=O)CNC(=O)c3cc(OC)cc(OC)c3)cnc2s1. The number of carbonyl (C=O) groups excluding carboxylic acids is 2. The molecule has 0 radical (unpaired) electrons. The number of methoxy groups -OCH3 is 2. The van der Waals surface area contributed by atoms with Crippen LogP contribution in [0.5, 0.6) is 11.5 Å². The third kappa shape index (κ3) is 4.54. The van der Waals surface area contributed by atoms with E-state index in [-0.39, 0.29) is 17.7 Å². The molecular formula is C19H20N4O5S. The van der Waals surface area contributed by atoms with Crippen molar-refractivity contribution in [2.75, 3.05) is 26.2 Å². The van der Waals surface area contributed by atoms with Gasteiger partial charge in [0.2, 0.25) is 0 Å². The van der Waals surface area contributed by atoms with E-state index in [1.54, 1.807) is 12.1 Å². The van der Waals surface area contributed by atoms with Crippen molar-refractivity contribution in [3.63, 3.8) is 0 Å². The number of nitrogens with zero attached hydrogens (tertiary/aromatic N) is 2. The number of hydrogen-bond acceptors (Lipinski definition) is 7. The third-order valence-corrected chi connectivity index (χ3v) is 5.31. The molecule has 0 fully saturated rings. The Labute approximate surface area is 170 Å². The molecule has 10 heteroatoms. The summed E-state index contributed by atoms with van der Waals surface area (Å²) < 4.78 is 11.3. The predicted octanol–water partition coefficient (Wildman–Crippen LogP) is 1.54. The number of ether oxygens (including phenoxy) is 2. The summed E-state index contributed by atoms with van der Waals surface area (Å²) in [5, 5.41) is 2.94. The van der Waals surface area contributed by atoms with Crippen LogP contribution in [-0.2, 0) is 11.2 Å². The van der Waals surface area contributed by atoms with Crippen LogP contribution in [0.4, 0.5) is 0 Å². The summed E-state index contributed by atoms with van der Waals surface area (Å²) in [4.78, 5) is 42.9. The molecule has 2 heterocycles. The number of amides is 2. The lowest BCUT2D eigenvalue weighted by Gasteiger charge is -2.10. The Balaban J connectivity index is 1.67. The average molecular weight is 416 g/mol. The Morgan fingerprint density at radius 1 is 1.14 bits per heavy atom. The van der Waals surface area contributed by atoms with E-state index in [2.05, 4.69) is 15.7 Å². The molecule has 2 N–H and O–H groups in total. The molecule has 0 saturated heterocycles. The first kappa shape index (κ1) is 20.3. The zero-order valence-electron chi connectivity index (χ0n) is 16.1. The summed E-state index contributed by atoms with van der Waals surface area (Å²) in [6, 6.07) is 6.46. The number of aromatic nitrogens is 2. The van der Waals surface area contributed by atoms with Crippen molar-refractivity contribution < 1.29 is 19.1 Å². The van der Waals surface area contributed by atoms with Crippen molar-refractivity contribution in [1.29, 1.82) is 0 Å². The standard InChI is InChI=1S/C19H20N4O5S/c1-4-14-8-15-18(29-14)21-10-23(19(15)26)22-16(24)9-20-17(25)11-5-12(27-2)7-13(6-11)28-3/h5-8,10H,4,9H2,1-3H3,(H,20,25)(H,22,24). The van der Waals surface area contributed by atoms with Crippen LogP contribution in [0.2, 0.25) is 0 Å². The second-order valence-electron chi connectivity index (χ2n) is 6.02. The summed E-state index contributed by atoms with van der Waals surface area (Å²) >= 11 is 1.44. The van der Waals surface area contributed by atoms with Gasteiger partial charge in [-0.1, -0.05) is 6.92 Å². The van der Waals surface area contributed by atoms with Gasteiger partial charge in [0.1, 0.15) is 22.7 Å². The number of hydrogen-bond donors (Lipinski definition) is 2. The van der Waals surface area contributed by atoms with Gasteiger partial charge in [0, 0.05) is 16.5 Å². The molecule has 3 rings (SSSR count). The maximum atomic E-state index is 12.5. The number of aryl methyl sites for hydroxylation is 1. The zero-order chi connectivity index (χ0) is 21.0. The monoisotopic (exact) mass is 416 g/mol. The van der Waals surface area contributed by atoms with E-state index in [9.17, 15) is 14.4 Å². The minimum atomic E-state index is -0.567. The molecule has 9 nitrogen and oxygen atoms in total. The predicted molar refractivity (Wildman–Crippen MR) is 110 cm³/mol. The van der Waals surface area contributed by atoms with E-state index in [1.807, 2.05) is 6.92 Å². The minimum absolute atomic E-state index is 0.277. The molecule has 0 saturated carbocycles. The van der Waals surface area contributed by atoms with Gasteiger partial charge in [-0.25, -0.2) is 9.66 Å². The summed E-state index contributed by atoms with van der Waals surface area (Å²) in [5.74, 6) is -0.148. The van der Waals surface area contributed by atoms with Crippen molar-refractivity contribution in [3.05, 3.63) is 51.4 Å². The molecule has 0 bridgehead atoms. The van der Waals surface area contributed by atoms with Crippen LogP contribution >= 0.6 is 11.3 Å². The quantitative estimate of drug-likeness (QED) is 0.604. The molecule has 1 aromatic carbocycles. The number of benzene rings is 1. The van der Waals surface area contributed by atoms with Crippen molar-refractivity contribution in [3.8, 4) is 11.5 Å². The van der Waals surface area contributed by atoms with E-state index in [0.717, 1.165) is 16.0 Å². The van der Waals surface area contributed by atoms with E-state index < -0.39 is 11.8 Å². The fourth-order valence-corrected chi connectivity index (χ4v) is 3.53. The Kier molecular flexibility index (Phi) is 6.13. The van der Waals surface area contributed by atoms with Crippen LogP contribution in [0.1, 0.15) is 22.2 Å². The Morgan fingerprint density at radius 3 is 2.45 bits per heavy atom. The fraction of sp³-hybridized carbons (Fsp3) is 0.263. The van der Waals surface area contributed by atoms with Gasteiger partial charge in [0.05, 0.1) is 26.2 Å². The summed E-state index contributed by atoms with van der Waals surface area (Å²) in [7, 11) is 2.95. The maximum absolute atomic E-state index is 12.5. The van der Waals surface area contributed by atoms with Crippen molar-refractivity contribution in [1.82, 2.24) is 15.0 Å². The average Bonchev–Trinajstić information content (AvgIpc) is 3.17. The highest BCUT2D eigenvalue weighted by molar-refractivity contribution is 7.18. The molecule has 152 valence electrons. The van der Waals surface area contributed by atoms with Gasteiger partial charge in [-0.05, 0) is 24.6 Å². The second kappa shape index (κ2) is 8.74. The molecule has 2 aromatic heterocycles. The molecule has 0 aliphatic heterocycles. The van der Waals surface area contributed by atoms with Crippen LogP contribution in [-0.4, -0.2) is 42.2 Å². The molecule has 0 aliphatic rings. The third-order valence-electron chi connectivity index (χ3n) is 4.12. The van der Waals surface area contributed by atoms with Crippen LogP contribution < -0.4 is 25.8 Å². The Morgan fingerprint density at radius 2 is 1.83 bits per heavy atom. The number of thiophene rings is 1. The molecule has 2 amide bonds. The molecule has 3 aromatic rings. The number of rotatable bonds is 7. The topological polar surface area (TPSA) is 112 Å². The van der Waals surface area contributed by atoms with Crippen molar-refractivity contribution in [2.45, 2.75) is 13.3 Å². The zero-order valence-corrected chi connectivity index (χ0v) is 17.0. The van der Waals surface area contributed by atoms with Gasteiger partial charge in [-0.2, -0.15) is 0 Å². The van der Waals surface area contributed by atoms with Gasteiger partial charge in [-0.3, -0.25) is 19.8 Å². The number of nitrogens with one attached hydrogen (secondary N) is 2. The first-order valence-electron chi connectivity index (χ1n) is 8.76. The van der Waals surface area contributed by atoms with Gasteiger partial charge in [0.25, 0.3) is 17.4 Å². The molecule has 0 atom stereocenters. The molecular weight excluding hydrogens is 396 g/mol. The summed E-state index contributed by atoms with van der Waals surface area (Å²) in [6.07, 6.45) is 2.06. The molecule has 29 heavy (non-hydrogen) atoms. The van der Waals surface area contributed by atoms with E-state index >= 15 is 0 Å². The Hall–Kier alpha value is -3.40. The van der Waals surface area contributed by atoms with E-state index in [0.29, 0.717) is 21.7 Å². The van der Waals surface area contributed by atoms with E-state index in [1.165, 1.54) is 44.0 Å². The molecule has 0 unspecified atom stereocenters. The van der Waals surface area contributed by atoms with Gasteiger partial charge in [-0.15, -0.1) is 11.3 Å². The van der Waals surface area contributed by atoms with Crippen LogP contribution in [0.25, 0.3) is 10.2 Å². The number of fused-ring (bicyclic) bond motifs is 1. The van der Waals surface area contributed by atoms with Crippen molar-refractivity contribution >= 4 is 33.4 Å². The fourth-order valence-electron chi connectivity index (χ4n) is 2.60. The van der Waals surface area contributed by atoms with Gasteiger partial charge >= 0.3 is 0 Å². The highest BCUT2D eigenvalue weighted by atomic mass is 32.1. The second-order valence-corrected chi connectivity index (χ2v) is 7.14. The lowest BCUT2D eigenvalue weighted by Crippen LogP contribution is -2.39. The maximum Gasteiger partial charge on any atom is 0.280 e. The normalized spacial score (nSPS) is 10.6. The number of carbonyl (C=O) groups is 2.